The Hall–Kier alpha value is -0.650. The third-order valence-corrected chi connectivity index (χ3v) is 4.05. The topological polar surface area (TPSA) is 53.6 Å². The van der Waals surface area contributed by atoms with Gasteiger partial charge in [-0.15, -0.1) is 0 Å². The molecule has 0 bridgehead atoms. The number of carbonyl (C=O) groups excluding carboxylic acids is 1. The monoisotopic (exact) mass is 269 g/mol. The van der Waals surface area contributed by atoms with Gasteiger partial charge in [-0.2, -0.15) is 0 Å². The number of hydrogen-bond donors (Lipinski definition) is 2. The van der Waals surface area contributed by atoms with E-state index in [0.717, 1.165) is 51.9 Å². The van der Waals surface area contributed by atoms with E-state index in [1.165, 1.54) is 0 Å². The Bertz CT molecular complexity index is 272. The molecule has 5 heteroatoms. The maximum absolute atomic E-state index is 11.8. The van der Waals surface area contributed by atoms with Gasteiger partial charge in [0.05, 0.1) is 12.7 Å². The number of nitrogens with one attached hydrogen (secondary N) is 2. The summed E-state index contributed by atoms with van der Waals surface area (Å²) in [6.45, 7) is 4.79. The number of carbonyl (C=O) groups is 1. The van der Waals surface area contributed by atoms with Crippen LogP contribution in [0.5, 0.6) is 0 Å². The van der Waals surface area contributed by atoms with Crippen molar-refractivity contribution in [1.29, 1.82) is 0 Å². The first-order valence-electron chi connectivity index (χ1n) is 7.54. The van der Waals surface area contributed by atoms with Crippen molar-refractivity contribution in [3.8, 4) is 0 Å². The van der Waals surface area contributed by atoms with E-state index in [4.69, 9.17) is 4.74 Å². The van der Waals surface area contributed by atoms with Crippen LogP contribution in [-0.2, 0) is 9.53 Å². The predicted molar refractivity (Wildman–Crippen MR) is 75.1 cm³/mol. The smallest absolute Gasteiger partial charge is 0.222 e. The fourth-order valence-corrected chi connectivity index (χ4v) is 2.73. The summed E-state index contributed by atoms with van der Waals surface area (Å²) in [6, 6.07) is 0.364. The predicted octanol–water partition coefficient (Wildman–Crippen LogP) is 0.356. The highest BCUT2D eigenvalue weighted by atomic mass is 16.5. The zero-order valence-corrected chi connectivity index (χ0v) is 12.0. The van der Waals surface area contributed by atoms with Gasteiger partial charge in [-0.25, -0.2) is 0 Å². The summed E-state index contributed by atoms with van der Waals surface area (Å²) in [5, 5.41) is 6.43. The molecule has 2 heterocycles. The molecule has 0 aromatic carbocycles. The molecule has 0 aromatic rings. The summed E-state index contributed by atoms with van der Waals surface area (Å²) >= 11 is 0. The van der Waals surface area contributed by atoms with Gasteiger partial charge >= 0.3 is 0 Å². The molecule has 2 saturated heterocycles. The quantitative estimate of drug-likeness (QED) is 0.756. The molecule has 2 rings (SSSR count). The Labute approximate surface area is 116 Å². The van der Waals surface area contributed by atoms with Gasteiger partial charge < -0.3 is 20.3 Å². The number of amides is 1. The normalized spacial score (nSPS) is 23.4. The molecule has 110 valence electrons. The molecular weight excluding hydrogens is 242 g/mol. The molecule has 0 radical (unpaired) electrons. The number of hydrogen-bond acceptors (Lipinski definition) is 4. The van der Waals surface area contributed by atoms with Crippen LogP contribution in [0.4, 0.5) is 0 Å². The average molecular weight is 269 g/mol. The van der Waals surface area contributed by atoms with Crippen molar-refractivity contribution in [2.45, 2.75) is 44.2 Å². The van der Waals surface area contributed by atoms with Gasteiger partial charge in [-0.3, -0.25) is 4.79 Å². The van der Waals surface area contributed by atoms with Gasteiger partial charge in [0.1, 0.15) is 0 Å². The van der Waals surface area contributed by atoms with Crippen LogP contribution in [0.15, 0.2) is 0 Å². The second-order valence-corrected chi connectivity index (χ2v) is 5.72. The van der Waals surface area contributed by atoms with Crippen LogP contribution in [0, 0.1) is 0 Å². The van der Waals surface area contributed by atoms with Crippen LogP contribution >= 0.6 is 0 Å². The van der Waals surface area contributed by atoms with Crippen molar-refractivity contribution in [3.63, 3.8) is 0 Å². The second-order valence-electron chi connectivity index (χ2n) is 5.72. The average Bonchev–Trinajstić information content (AvgIpc) is 2.43. The van der Waals surface area contributed by atoms with Gasteiger partial charge in [0.15, 0.2) is 0 Å². The number of ether oxygens (including phenoxy) is 1. The van der Waals surface area contributed by atoms with Gasteiger partial charge in [0, 0.05) is 12.5 Å². The number of piperidine rings is 2. The van der Waals surface area contributed by atoms with E-state index >= 15 is 0 Å². The molecule has 2 aliphatic heterocycles. The van der Waals surface area contributed by atoms with Crippen molar-refractivity contribution in [1.82, 2.24) is 15.5 Å². The molecule has 0 aromatic heterocycles. The first-order valence-corrected chi connectivity index (χ1v) is 7.54. The van der Waals surface area contributed by atoms with Crippen molar-refractivity contribution < 1.29 is 9.53 Å². The van der Waals surface area contributed by atoms with Crippen LogP contribution in [0.25, 0.3) is 0 Å². The third-order valence-electron chi connectivity index (χ3n) is 4.05. The lowest BCUT2D eigenvalue weighted by Gasteiger charge is -2.29. The van der Waals surface area contributed by atoms with Crippen molar-refractivity contribution in [2.24, 2.45) is 0 Å². The molecule has 0 unspecified atom stereocenters. The minimum atomic E-state index is 0.142. The molecule has 0 aliphatic carbocycles. The van der Waals surface area contributed by atoms with Crippen LogP contribution in [0.1, 0.15) is 32.1 Å². The Morgan fingerprint density at radius 1 is 1.26 bits per heavy atom. The first-order chi connectivity index (χ1) is 9.24. The molecule has 2 fully saturated rings. The highest BCUT2D eigenvalue weighted by Crippen LogP contribution is 2.09. The summed E-state index contributed by atoms with van der Waals surface area (Å²) < 4.78 is 5.75. The van der Waals surface area contributed by atoms with E-state index in [9.17, 15) is 4.79 Å². The largest absolute Gasteiger partial charge is 0.378 e. The molecule has 0 atom stereocenters. The standard InChI is InChI=1S/C14H27N3O2/c1-17-9-4-12(5-10-17)16-14(18)6-11-19-13-2-7-15-8-3-13/h12-13,15H,2-11H2,1H3,(H,16,18). The zero-order valence-electron chi connectivity index (χ0n) is 12.0. The minimum absolute atomic E-state index is 0.142. The molecule has 0 saturated carbocycles. The van der Waals surface area contributed by atoms with E-state index in [-0.39, 0.29) is 5.91 Å². The van der Waals surface area contributed by atoms with Crippen molar-refractivity contribution >= 4 is 5.91 Å². The zero-order chi connectivity index (χ0) is 13.5. The third kappa shape index (κ3) is 5.47. The van der Waals surface area contributed by atoms with Crippen molar-refractivity contribution in [2.75, 3.05) is 39.8 Å². The fourth-order valence-electron chi connectivity index (χ4n) is 2.73. The molecule has 2 N–H and O–H groups in total. The van der Waals surface area contributed by atoms with E-state index in [1.807, 2.05) is 0 Å². The summed E-state index contributed by atoms with van der Waals surface area (Å²) in [4.78, 5) is 14.1. The lowest BCUT2D eigenvalue weighted by Crippen LogP contribution is -2.43. The second kappa shape index (κ2) is 7.82. The fraction of sp³-hybridized carbons (Fsp3) is 0.929. The highest BCUT2D eigenvalue weighted by Gasteiger charge is 2.18. The van der Waals surface area contributed by atoms with Gasteiger partial charge in [-0.1, -0.05) is 0 Å². The molecule has 2 aliphatic rings. The Morgan fingerprint density at radius 3 is 2.63 bits per heavy atom. The highest BCUT2D eigenvalue weighted by molar-refractivity contribution is 5.76. The maximum atomic E-state index is 11.8. The first kappa shape index (κ1) is 14.8. The molecule has 1 amide bonds. The SMILES string of the molecule is CN1CCC(NC(=O)CCOC2CCNCC2)CC1. The van der Waals surface area contributed by atoms with Crippen LogP contribution in [0.3, 0.4) is 0 Å². The lowest BCUT2D eigenvalue weighted by molar-refractivity contribution is -0.123. The van der Waals surface area contributed by atoms with Gasteiger partial charge in [-0.05, 0) is 58.9 Å². The van der Waals surface area contributed by atoms with Crippen LogP contribution in [0.2, 0.25) is 0 Å². The van der Waals surface area contributed by atoms with Crippen molar-refractivity contribution in [3.05, 3.63) is 0 Å². The summed E-state index contributed by atoms with van der Waals surface area (Å²) in [7, 11) is 2.13. The van der Waals surface area contributed by atoms with Crippen LogP contribution < -0.4 is 10.6 Å². The summed E-state index contributed by atoms with van der Waals surface area (Å²) in [6.07, 6.45) is 5.11. The molecular formula is C14H27N3O2. The number of rotatable bonds is 5. The van der Waals surface area contributed by atoms with E-state index in [0.29, 0.717) is 25.2 Å². The van der Waals surface area contributed by atoms with Gasteiger partial charge in [0.25, 0.3) is 0 Å². The Kier molecular flexibility index (Phi) is 6.07. The number of nitrogens with zero attached hydrogens (tertiary/aromatic N) is 1. The minimum Gasteiger partial charge on any atom is -0.378 e. The summed E-state index contributed by atoms with van der Waals surface area (Å²) in [5.41, 5.74) is 0. The van der Waals surface area contributed by atoms with E-state index < -0.39 is 0 Å². The Morgan fingerprint density at radius 2 is 1.95 bits per heavy atom. The Balaban J connectivity index is 1.54. The number of likely N-dealkylation sites (tertiary alicyclic amines) is 1. The van der Waals surface area contributed by atoms with E-state index in [1.54, 1.807) is 0 Å². The molecule has 5 nitrogen and oxygen atoms in total. The van der Waals surface area contributed by atoms with E-state index in [2.05, 4.69) is 22.6 Å². The molecule has 19 heavy (non-hydrogen) atoms. The summed E-state index contributed by atoms with van der Waals surface area (Å²) in [5.74, 6) is 0.142. The molecule has 0 spiro atoms. The lowest BCUT2D eigenvalue weighted by atomic mass is 10.1. The maximum Gasteiger partial charge on any atom is 0.222 e. The van der Waals surface area contributed by atoms with Gasteiger partial charge in [0.2, 0.25) is 5.91 Å². The van der Waals surface area contributed by atoms with Crippen LogP contribution in [-0.4, -0.2) is 62.8 Å².